The van der Waals surface area contributed by atoms with Crippen molar-refractivity contribution in [1.29, 1.82) is 0 Å². The molecule has 0 saturated carbocycles. The highest BCUT2D eigenvalue weighted by molar-refractivity contribution is 5.87. The van der Waals surface area contributed by atoms with Crippen LogP contribution < -0.4 is 0 Å². The van der Waals surface area contributed by atoms with Gasteiger partial charge in [-0.3, -0.25) is 0 Å². The lowest BCUT2D eigenvalue weighted by Crippen LogP contribution is -2.06. The van der Waals surface area contributed by atoms with Gasteiger partial charge in [-0.1, -0.05) is 12.2 Å². The van der Waals surface area contributed by atoms with E-state index >= 15 is 0 Å². The van der Waals surface area contributed by atoms with Gasteiger partial charge in [-0.15, -0.1) is 0 Å². The second-order valence-corrected chi connectivity index (χ2v) is 5.02. The Morgan fingerprint density at radius 3 is 3.06 bits per heavy atom. The van der Waals surface area contributed by atoms with Crippen LogP contribution in [0.2, 0.25) is 0 Å². The zero-order valence-electron chi connectivity index (χ0n) is 9.79. The molecule has 0 fully saturated rings. The fraction of sp³-hybridized carbons (Fsp3) is 0.250. The van der Waals surface area contributed by atoms with Crippen LogP contribution in [0.5, 0.6) is 0 Å². The lowest BCUT2D eigenvalue weighted by atomic mass is 9.81. The number of aromatic amines is 1. The van der Waals surface area contributed by atoms with Crippen molar-refractivity contribution in [3.63, 3.8) is 0 Å². The van der Waals surface area contributed by atoms with Crippen molar-refractivity contribution < 1.29 is 0 Å². The smallest absolute Gasteiger partial charge is 0.0457 e. The largest absolute Gasteiger partial charge is 0.361 e. The van der Waals surface area contributed by atoms with Gasteiger partial charge in [0.2, 0.25) is 0 Å². The first-order valence-corrected chi connectivity index (χ1v) is 6.41. The summed E-state index contributed by atoms with van der Waals surface area (Å²) in [6, 6.07) is 6.88. The average Bonchev–Trinajstić information content (AvgIpc) is 2.83. The average molecular weight is 221 g/mol. The highest BCUT2D eigenvalue weighted by Gasteiger charge is 2.19. The summed E-state index contributed by atoms with van der Waals surface area (Å²) >= 11 is 0. The van der Waals surface area contributed by atoms with Crippen LogP contribution in [0.15, 0.2) is 42.1 Å². The topological polar surface area (TPSA) is 15.8 Å². The summed E-state index contributed by atoms with van der Waals surface area (Å²) < 4.78 is 0. The van der Waals surface area contributed by atoms with E-state index in [4.69, 9.17) is 0 Å². The molecule has 0 spiro atoms. The quantitative estimate of drug-likeness (QED) is 0.685. The fourth-order valence-corrected chi connectivity index (χ4v) is 3.16. The maximum absolute atomic E-state index is 3.31. The maximum atomic E-state index is 3.31. The second kappa shape index (κ2) is 3.36. The number of H-pyrrole nitrogens is 1. The molecule has 2 aromatic rings. The minimum absolute atomic E-state index is 1.19. The van der Waals surface area contributed by atoms with E-state index in [2.05, 4.69) is 35.3 Å². The molecule has 1 heteroatoms. The van der Waals surface area contributed by atoms with Gasteiger partial charge in [0.15, 0.2) is 0 Å². The van der Waals surface area contributed by atoms with Crippen molar-refractivity contribution in [2.24, 2.45) is 0 Å². The van der Waals surface area contributed by atoms with Gasteiger partial charge in [0.05, 0.1) is 0 Å². The monoisotopic (exact) mass is 221 g/mol. The number of aryl methyl sites for hydroxylation is 1. The molecule has 1 aromatic carbocycles. The molecular weight excluding hydrogens is 206 g/mol. The number of aromatic nitrogens is 1. The molecule has 0 atom stereocenters. The Kier molecular flexibility index (Phi) is 1.84. The summed E-state index contributed by atoms with van der Waals surface area (Å²) in [5.41, 5.74) is 7.46. The first-order chi connectivity index (χ1) is 8.42. The fourth-order valence-electron chi connectivity index (χ4n) is 3.16. The number of allylic oxidation sites excluding steroid dienone is 4. The van der Waals surface area contributed by atoms with E-state index in [1.807, 2.05) is 6.20 Å². The molecule has 1 heterocycles. The molecule has 84 valence electrons. The zero-order chi connectivity index (χ0) is 11.2. The van der Waals surface area contributed by atoms with Gasteiger partial charge in [-0.05, 0) is 71.5 Å². The van der Waals surface area contributed by atoms with Crippen LogP contribution >= 0.6 is 0 Å². The van der Waals surface area contributed by atoms with Crippen LogP contribution in [-0.2, 0) is 6.42 Å². The SMILES string of the molecule is C1=CC2=C(CC1)c1cc3cc[nH]c3cc1CC2. The Balaban J connectivity index is 2.01. The van der Waals surface area contributed by atoms with E-state index in [1.54, 1.807) is 11.1 Å². The van der Waals surface area contributed by atoms with Crippen LogP contribution in [0.3, 0.4) is 0 Å². The third-order valence-corrected chi connectivity index (χ3v) is 4.03. The predicted molar refractivity (Wildman–Crippen MR) is 71.9 cm³/mol. The summed E-state index contributed by atoms with van der Waals surface area (Å²) in [6.45, 7) is 0. The van der Waals surface area contributed by atoms with E-state index in [-0.39, 0.29) is 0 Å². The molecule has 1 nitrogen and oxygen atoms in total. The summed E-state index contributed by atoms with van der Waals surface area (Å²) in [5, 5.41) is 1.34. The summed E-state index contributed by atoms with van der Waals surface area (Å²) in [7, 11) is 0. The minimum Gasteiger partial charge on any atom is -0.361 e. The molecule has 0 amide bonds. The lowest BCUT2D eigenvalue weighted by molar-refractivity contribution is 0.899. The molecule has 4 rings (SSSR count). The number of nitrogens with one attached hydrogen (secondary N) is 1. The molecule has 0 unspecified atom stereocenters. The normalized spacial score (nSPS) is 18.4. The predicted octanol–water partition coefficient (Wildman–Crippen LogP) is 4.22. The Morgan fingerprint density at radius 2 is 2.06 bits per heavy atom. The highest BCUT2D eigenvalue weighted by atomic mass is 14.7. The molecule has 2 aliphatic rings. The molecule has 0 bridgehead atoms. The molecule has 1 N–H and O–H groups in total. The molecular formula is C16H15N. The first kappa shape index (κ1) is 9.29. The third-order valence-electron chi connectivity index (χ3n) is 4.03. The number of hydrogen-bond acceptors (Lipinski definition) is 0. The Morgan fingerprint density at radius 1 is 1.06 bits per heavy atom. The van der Waals surface area contributed by atoms with Crippen molar-refractivity contribution in [3.8, 4) is 0 Å². The summed E-state index contributed by atoms with van der Waals surface area (Å²) in [4.78, 5) is 3.31. The summed E-state index contributed by atoms with van der Waals surface area (Å²) in [6.07, 6.45) is 11.5. The van der Waals surface area contributed by atoms with Crippen LogP contribution in [0.25, 0.3) is 16.5 Å². The standard InChI is InChI=1S/C16H15N/c1-2-4-14-11(3-1)5-6-12-10-16-13(7-8-17-16)9-15(12)14/h1,3,7-10,17H,2,4-6H2. The van der Waals surface area contributed by atoms with E-state index in [0.717, 1.165) is 0 Å². The van der Waals surface area contributed by atoms with Crippen molar-refractivity contribution >= 4 is 16.5 Å². The number of rotatable bonds is 0. The molecule has 0 radical (unpaired) electrons. The maximum Gasteiger partial charge on any atom is 0.0457 e. The molecule has 0 aliphatic heterocycles. The number of benzene rings is 1. The molecule has 17 heavy (non-hydrogen) atoms. The van der Waals surface area contributed by atoms with Gasteiger partial charge in [0.1, 0.15) is 0 Å². The van der Waals surface area contributed by atoms with Gasteiger partial charge in [-0.2, -0.15) is 0 Å². The minimum atomic E-state index is 1.19. The number of fused-ring (bicyclic) bond motifs is 3. The van der Waals surface area contributed by atoms with Crippen molar-refractivity contribution in [2.45, 2.75) is 25.7 Å². The van der Waals surface area contributed by atoms with E-state index in [1.165, 1.54) is 47.7 Å². The van der Waals surface area contributed by atoms with Gasteiger partial charge < -0.3 is 4.98 Å². The van der Waals surface area contributed by atoms with Crippen LogP contribution in [-0.4, -0.2) is 4.98 Å². The lowest BCUT2D eigenvalue weighted by Gasteiger charge is -2.24. The highest BCUT2D eigenvalue weighted by Crippen LogP contribution is 2.38. The Bertz CT molecular complexity index is 655. The van der Waals surface area contributed by atoms with Crippen LogP contribution in [0.1, 0.15) is 30.4 Å². The van der Waals surface area contributed by atoms with E-state index in [0.29, 0.717) is 0 Å². The van der Waals surface area contributed by atoms with Crippen molar-refractivity contribution in [3.05, 3.63) is 53.2 Å². The second-order valence-electron chi connectivity index (χ2n) is 5.02. The van der Waals surface area contributed by atoms with Crippen molar-refractivity contribution in [2.75, 3.05) is 0 Å². The van der Waals surface area contributed by atoms with Crippen molar-refractivity contribution in [1.82, 2.24) is 4.98 Å². The van der Waals surface area contributed by atoms with Crippen LogP contribution in [0, 0.1) is 0 Å². The van der Waals surface area contributed by atoms with Gasteiger partial charge >= 0.3 is 0 Å². The molecule has 0 saturated heterocycles. The summed E-state index contributed by atoms with van der Waals surface area (Å²) in [5.74, 6) is 0. The Hall–Kier alpha value is -1.76. The van der Waals surface area contributed by atoms with Gasteiger partial charge in [-0.25, -0.2) is 0 Å². The van der Waals surface area contributed by atoms with E-state index in [9.17, 15) is 0 Å². The Labute approximate surface area is 101 Å². The first-order valence-electron chi connectivity index (χ1n) is 6.41. The van der Waals surface area contributed by atoms with Crippen LogP contribution in [0.4, 0.5) is 0 Å². The van der Waals surface area contributed by atoms with Gasteiger partial charge in [0.25, 0.3) is 0 Å². The third kappa shape index (κ3) is 1.32. The molecule has 2 aliphatic carbocycles. The zero-order valence-corrected chi connectivity index (χ0v) is 9.79. The van der Waals surface area contributed by atoms with E-state index < -0.39 is 0 Å². The number of hydrogen-bond donors (Lipinski definition) is 1. The van der Waals surface area contributed by atoms with Gasteiger partial charge in [0, 0.05) is 11.7 Å². The molecule has 1 aromatic heterocycles.